The highest BCUT2D eigenvalue weighted by Gasteiger charge is 2.37. The van der Waals surface area contributed by atoms with Crippen molar-refractivity contribution >= 4 is 32.8 Å². The summed E-state index contributed by atoms with van der Waals surface area (Å²) >= 11 is 1.02. The number of benzene rings is 2. The molecule has 1 atom stereocenters. The lowest BCUT2D eigenvalue weighted by Gasteiger charge is -2.33. The van der Waals surface area contributed by atoms with Gasteiger partial charge in [-0.3, -0.25) is 5.10 Å². The highest BCUT2D eigenvalue weighted by Crippen LogP contribution is 2.36. The lowest BCUT2D eigenvalue weighted by molar-refractivity contribution is 0.247. The van der Waals surface area contributed by atoms with Crippen molar-refractivity contribution < 1.29 is 8.42 Å². The number of aromatic amines is 1. The molecule has 0 aliphatic carbocycles. The Bertz CT molecular complexity index is 1250. The molecule has 3 heterocycles. The minimum absolute atomic E-state index is 0.193. The van der Waals surface area contributed by atoms with Crippen molar-refractivity contribution in [3.63, 3.8) is 0 Å². The fraction of sp³-hybridized carbons (Fsp3) is 0.263. The summed E-state index contributed by atoms with van der Waals surface area (Å²) in [6.45, 7) is 0.433. The molecule has 148 valence electrons. The molecule has 0 saturated carbocycles. The van der Waals surface area contributed by atoms with E-state index in [9.17, 15) is 8.42 Å². The number of sulfonamides is 1. The van der Waals surface area contributed by atoms with Gasteiger partial charge in [-0.05, 0) is 25.0 Å². The van der Waals surface area contributed by atoms with Crippen LogP contribution in [0.1, 0.15) is 31.1 Å². The van der Waals surface area contributed by atoms with Gasteiger partial charge >= 0.3 is 0 Å². The van der Waals surface area contributed by atoms with Gasteiger partial charge in [-0.2, -0.15) is 18.2 Å². The second-order valence-corrected chi connectivity index (χ2v) is 9.31. The molecule has 10 heteroatoms. The first-order chi connectivity index (χ1) is 14.1. The van der Waals surface area contributed by atoms with Crippen LogP contribution in [0.2, 0.25) is 0 Å². The third-order valence-corrected chi connectivity index (χ3v) is 7.62. The van der Waals surface area contributed by atoms with E-state index >= 15 is 0 Å². The molecule has 2 aromatic heterocycles. The van der Waals surface area contributed by atoms with Crippen LogP contribution in [-0.2, 0) is 10.0 Å². The summed E-state index contributed by atoms with van der Waals surface area (Å²) < 4.78 is 37.0. The maximum absolute atomic E-state index is 13.6. The Hall–Kier alpha value is -2.69. The zero-order chi connectivity index (χ0) is 19.8. The van der Waals surface area contributed by atoms with Gasteiger partial charge in [0, 0.05) is 12.1 Å². The topological polar surface area (TPSA) is 105 Å². The fourth-order valence-electron chi connectivity index (χ4n) is 3.72. The van der Waals surface area contributed by atoms with Crippen molar-refractivity contribution in [3.8, 4) is 11.4 Å². The van der Waals surface area contributed by atoms with Crippen molar-refractivity contribution in [1.82, 2.24) is 28.2 Å². The maximum atomic E-state index is 13.6. The molecule has 0 amide bonds. The summed E-state index contributed by atoms with van der Waals surface area (Å²) in [7, 11) is -3.76. The van der Waals surface area contributed by atoms with Crippen molar-refractivity contribution in [2.75, 3.05) is 6.54 Å². The van der Waals surface area contributed by atoms with Crippen LogP contribution in [0, 0.1) is 0 Å². The number of H-pyrrole nitrogens is 1. The Kier molecular flexibility index (Phi) is 4.61. The molecule has 1 fully saturated rings. The SMILES string of the molecule is O=S(=O)(c1cccc2nsnc12)N1CCCCC1c1nc(-c2ccccc2)n[nH]1. The average molecular weight is 427 g/mol. The molecule has 1 unspecified atom stereocenters. The van der Waals surface area contributed by atoms with Crippen LogP contribution in [0.5, 0.6) is 0 Å². The number of hydrogen-bond acceptors (Lipinski definition) is 7. The summed E-state index contributed by atoms with van der Waals surface area (Å²) in [6, 6.07) is 14.3. The number of aromatic nitrogens is 5. The Morgan fingerprint density at radius 2 is 1.90 bits per heavy atom. The van der Waals surface area contributed by atoms with E-state index in [0.29, 0.717) is 35.6 Å². The van der Waals surface area contributed by atoms with Gasteiger partial charge in [0.15, 0.2) is 5.82 Å². The van der Waals surface area contributed by atoms with Gasteiger partial charge in [0.05, 0.1) is 17.8 Å². The predicted octanol–water partition coefficient (Wildman–Crippen LogP) is 3.39. The number of hydrogen-bond donors (Lipinski definition) is 1. The number of nitrogens with one attached hydrogen (secondary N) is 1. The third kappa shape index (κ3) is 3.22. The minimum atomic E-state index is -3.76. The molecule has 1 aliphatic rings. The Morgan fingerprint density at radius 3 is 2.76 bits per heavy atom. The van der Waals surface area contributed by atoms with E-state index in [2.05, 4.69) is 23.9 Å². The molecule has 0 bridgehead atoms. The lowest BCUT2D eigenvalue weighted by Crippen LogP contribution is -2.39. The molecule has 29 heavy (non-hydrogen) atoms. The lowest BCUT2D eigenvalue weighted by atomic mass is 10.0. The first-order valence-corrected chi connectivity index (χ1v) is 11.5. The molecule has 8 nitrogen and oxygen atoms in total. The quantitative estimate of drug-likeness (QED) is 0.536. The van der Waals surface area contributed by atoms with Gasteiger partial charge in [0.2, 0.25) is 10.0 Å². The van der Waals surface area contributed by atoms with Crippen molar-refractivity contribution in [2.45, 2.75) is 30.2 Å². The zero-order valence-electron chi connectivity index (χ0n) is 15.4. The predicted molar refractivity (Wildman–Crippen MR) is 110 cm³/mol. The summed E-state index contributed by atoms with van der Waals surface area (Å²) in [5.41, 5.74) is 1.90. The molecule has 0 radical (unpaired) electrons. The van der Waals surface area contributed by atoms with Crippen LogP contribution in [0.3, 0.4) is 0 Å². The second kappa shape index (κ2) is 7.29. The molecule has 2 aromatic carbocycles. The molecular formula is C19H18N6O2S2. The van der Waals surface area contributed by atoms with Crippen LogP contribution >= 0.6 is 11.7 Å². The Morgan fingerprint density at radius 1 is 1.03 bits per heavy atom. The maximum Gasteiger partial charge on any atom is 0.246 e. The van der Waals surface area contributed by atoms with E-state index in [4.69, 9.17) is 0 Å². The molecule has 5 rings (SSSR count). The largest absolute Gasteiger partial charge is 0.261 e. The van der Waals surface area contributed by atoms with E-state index in [-0.39, 0.29) is 10.9 Å². The van der Waals surface area contributed by atoms with E-state index in [1.807, 2.05) is 30.3 Å². The Balaban J connectivity index is 1.54. The standard InChI is InChI=1S/C19H18N6O2S2/c26-29(27,16-11-6-9-14-17(16)24-28-23-14)25-12-5-4-10-15(25)19-20-18(21-22-19)13-7-2-1-3-8-13/h1-3,6-9,11,15H,4-5,10,12H2,(H,20,21,22). The third-order valence-electron chi connectivity index (χ3n) is 5.14. The average Bonchev–Trinajstić information content (AvgIpc) is 3.44. The van der Waals surface area contributed by atoms with Gasteiger partial charge < -0.3 is 0 Å². The molecule has 0 spiro atoms. The second-order valence-electron chi connectivity index (χ2n) is 6.93. The van der Waals surface area contributed by atoms with Crippen molar-refractivity contribution in [2.24, 2.45) is 0 Å². The summed E-state index contributed by atoms with van der Waals surface area (Å²) in [4.78, 5) is 4.81. The van der Waals surface area contributed by atoms with E-state index in [1.165, 1.54) is 4.31 Å². The zero-order valence-corrected chi connectivity index (χ0v) is 17.0. The Labute approximate surface area is 172 Å². The van der Waals surface area contributed by atoms with E-state index in [0.717, 1.165) is 30.1 Å². The summed E-state index contributed by atoms with van der Waals surface area (Å²) in [6.07, 6.45) is 2.43. The highest BCUT2D eigenvalue weighted by molar-refractivity contribution is 7.89. The fourth-order valence-corrected chi connectivity index (χ4v) is 6.14. The van der Waals surface area contributed by atoms with Crippen molar-refractivity contribution in [3.05, 3.63) is 54.4 Å². The van der Waals surface area contributed by atoms with Gasteiger partial charge in [-0.15, -0.1) is 0 Å². The smallest absolute Gasteiger partial charge is 0.246 e. The van der Waals surface area contributed by atoms with Crippen molar-refractivity contribution in [1.29, 1.82) is 0 Å². The van der Waals surface area contributed by atoms with E-state index in [1.54, 1.807) is 18.2 Å². The molecule has 1 aliphatic heterocycles. The van der Waals surface area contributed by atoms with Gasteiger partial charge in [-0.25, -0.2) is 13.4 Å². The summed E-state index contributed by atoms with van der Waals surface area (Å²) in [5, 5.41) is 7.28. The number of fused-ring (bicyclic) bond motifs is 1. The molecular weight excluding hydrogens is 408 g/mol. The van der Waals surface area contributed by atoms with Crippen LogP contribution in [0.15, 0.2) is 53.4 Å². The first-order valence-electron chi connectivity index (χ1n) is 9.35. The number of piperidine rings is 1. The molecule has 1 saturated heterocycles. The van der Waals surface area contributed by atoms with Gasteiger partial charge in [0.1, 0.15) is 21.8 Å². The van der Waals surface area contributed by atoms with E-state index < -0.39 is 10.0 Å². The highest BCUT2D eigenvalue weighted by atomic mass is 32.2. The van der Waals surface area contributed by atoms with Crippen LogP contribution in [-0.4, -0.2) is 43.2 Å². The first kappa shape index (κ1) is 18.3. The molecule has 1 N–H and O–H groups in total. The van der Waals surface area contributed by atoms with Crippen LogP contribution in [0.4, 0.5) is 0 Å². The van der Waals surface area contributed by atoms with Crippen LogP contribution < -0.4 is 0 Å². The normalized spacial score (nSPS) is 18.3. The van der Waals surface area contributed by atoms with Gasteiger partial charge in [0.25, 0.3) is 0 Å². The van der Waals surface area contributed by atoms with Gasteiger partial charge in [-0.1, -0.05) is 42.8 Å². The van der Waals surface area contributed by atoms with Crippen LogP contribution in [0.25, 0.3) is 22.4 Å². The monoisotopic (exact) mass is 426 g/mol. The number of nitrogens with zero attached hydrogens (tertiary/aromatic N) is 5. The molecule has 4 aromatic rings. The summed E-state index contributed by atoms with van der Waals surface area (Å²) in [5.74, 6) is 1.13. The minimum Gasteiger partial charge on any atom is -0.261 e. The number of rotatable bonds is 4.